The Bertz CT molecular complexity index is 587. The van der Waals surface area contributed by atoms with Crippen LogP contribution in [-0.4, -0.2) is 21.5 Å². The highest BCUT2D eigenvalue weighted by Gasteiger charge is 2.21. The molecule has 1 amide bonds. The number of amides is 1. The topological polar surface area (TPSA) is 46.9 Å². The fourth-order valence-electron chi connectivity index (χ4n) is 2.43. The maximum absolute atomic E-state index is 12.2. The zero-order valence-corrected chi connectivity index (χ0v) is 11.7. The van der Waals surface area contributed by atoms with E-state index in [0.717, 1.165) is 36.5 Å². The second kappa shape index (κ2) is 5.17. The largest absolute Gasteiger partial charge is 0.347 e. The van der Waals surface area contributed by atoms with Crippen LogP contribution in [0.25, 0.3) is 0 Å². The predicted octanol–water partition coefficient (Wildman–Crippen LogP) is 2.25. The first kappa shape index (κ1) is 12.4. The van der Waals surface area contributed by atoms with Crippen molar-refractivity contribution in [2.24, 2.45) is 0 Å². The first-order valence-electron chi connectivity index (χ1n) is 6.66. The molecule has 1 atom stereocenters. The van der Waals surface area contributed by atoms with Gasteiger partial charge in [0.1, 0.15) is 5.82 Å². The zero-order chi connectivity index (χ0) is 13.2. The average molecular weight is 275 g/mol. The Morgan fingerprint density at radius 2 is 2.47 bits per heavy atom. The van der Waals surface area contributed by atoms with Gasteiger partial charge in [-0.3, -0.25) is 4.79 Å². The van der Waals surface area contributed by atoms with Crippen LogP contribution >= 0.6 is 11.3 Å². The minimum Gasteiger partial charge on any atom is -0.347 e. The van der Waals surface area contributed by atoms with Crippen LogP contribution in [0.5, 0.6) is 0 Å². The maximum atomic E-state index is 12.2. The quantitative estimate of drug-likeness (QED) is 0.934. The van der Waals surface area contributed by atoms with Gasteiger partial charge < -0.3 is 9.88 Å². The van der Waals surface area contributed by atoms with Crippen molar-refractivity contribution in [1.82, 2.24) is 14.9 Å². The van der Waals surface area contributed by atoms with Gasteiger partial charge in [-0.25, -0.2) is 4.98 Å². The van der Waals surface area contributed by atoms with Crippen molar-refractivity contribution in [3.63, 3.8) is 0 Å². The van der Waals surface area contributed by atoms with Gasteiger partial charge in [-0.05, 0) is 25.0 Å². The third-order valence-electron chi connectivity index (χ3n) is 3.50. The highest BCUT2D eigenvalue weighted by molar-refractivity contribution is 7.14. The lowest BCUT2D eigenvalue weighted by Crippen LogP contribution is -2.40. The number of rotatable bonds is 3. The molecule has 1 aliphatic heterocycles. The molecule has 4 nitrogen and oxygen atoms in total. The van der Waals surface area contributed by atoms with Gasteiger partial charge in [-0.15, -0.1) is 11.3 Å². The van der Waals surface area contributed by atoms with Gasteiger partial charge in [-0.2, -0.15) is 0 Å². The van der Waals surface area contributed by atoms with Gasteiger partial charge >= 0.3 is 0 Å². The van der Waals surface area contributed by atoms with E-state index in [1.165, 1.54) is 4.88 Å². The summed E-state index contributed by atoms with van der Waals surface area (Å²) in [7, 11) is 0. The van der Waals surface area contributed by atoms with E-state index in [4.69, 9.17) is 0 Å². The van der Waals surface area contributed by atoms with E-state index in [1.54, 1.807) is 11.3 Å². The monoisotopic (exact) mass is 275 g/mol. The predicted molar refractivity (Wildman–Crippen MR) is 75.5 cm³/mol. The van der Waals surface area contributed by atoms with Crippen molar-refractivity contribution in [1.29, 1.82) is 0 Å². The Morgan fingerprint density at radius 1 is 1.58 bits per heavy atom. The molecule has 3 heterocycles. The lowest BCUT2D eigenvalue weighted by molar-refractivity contribution is 0.0931. The molecule has 2 aromatic rings. The summed E-state index contributed by atoms with van der Waals surface area (Å²) in [6.45, 7) is 2.93. The SMILES string of the molecule is CCc1ccc(C(=O)NC2CCc3nccn3C2)s1. The molecule has 0 saturated heterocycles. The molecule has 19 heavy (non-hydrogen) atoms. The Labute approximate surface area is 116 Å². The van der Waals surface area contributed by atoms with Crippen molar-refractivity contribution in [2.45, 2.75) is 38.8 Å². The number of carbonyl (C=O) groups is 1. The van der Waals surface area contributed by atoms with Gasteiger partial charge in [0.15, 0.2) is 0 Å². The second-order valence-corrected chi connectivity index (χ2v) is 5.99. The number of aryl methyl sites for hydroxylation is 2. The first-order valence-corrected chi connectivity index (χ1v) is 7.47. The van der Waals surface area contributed by atoms with Crippen LogP contribution in [0.2, 0.25) is 0 Å². The van der Waals surface area contributed by atoms with Crippen LogP contribution in [0, 0.1) is 0 Å². The number of thiophene rings is 1. The van der Waals surface area contributed by atoms with Gasteiger partial charge in [-0.1, -0.05) is 6.92 Å². The first-order chi connectivity index (χ1) is 9.26. The molecule has 3 rings (SSSR count). The molecule has 5 heteroatoms. The second-order valence-electron chi connectivity index (χ2n) is 4.82. The van der Waals surface area contributed by atoms with Crippen LogP contribution in [0.3, 0.4) is 0 Å². The zero-order valence-electron chi connectivity index (χ0n) is 10.9. The number of carbonyl (C=O) groups excluding carboxylic acids is 1. The van der Waals surface area contributed by atoms with E-state index in [9.17, 15) is 4.79 Å². The molecule has 1 unspecified atom stereocenters. The molecule has 1 N–H and O–H groups in total. The molecular weight excluding hydrogens is 258 g/mol. The maximum Gasteiger partial charge on any atom is 0.261 e. The standard InChI is InChI=1S/C14H17N3OS/c1-2-11-4-5-12(19-11)14(18)16-10-3-6-13-15-7-8-17(13)9-10/h4-5,7-8,10H,2-3,6,9H2,1H3,(H,16,18). The third-order valence-corrected chi connectivity index (χ3v) is 4.73. The Hall–Kier alpha value is -1.62. The smallest absolute Gasteiger partial charge is 0.261 e. The molecule has 0 bridgehead atoms. The molecular formula is C14H17N3OS. The summed E-state index contributed by atoms with van der Waals surface area (Å²) in [5.41, 5.74) is 0. The summed E-state index contributed by atoms with van der Waals surface area (Å²) in [6.07, 6.45) is 6.69. The van der Waals surface area contributed by atoms with Crippen molar-refractivity contribution in [3.05, 3.63) is 40.1 Å². The van der Waals surface area contributed by atoms with Gasteiger partial charge in [0.05, 0.1) is 4.88 Å². The van der Waals surface area contributed by atoms with Gasteiger partial charge in [0.2, 0.25) is 0 Å². The Kier molecular flexibility index (Phi) is 3.38. The van der Waals surface area contributed by atoms with E-state index in [0.29, 0.717) is 0 Å². The fraction of sp³-hybridized carbons (Fsp3) is 0.429. The molecule has 0 aliphatic carbocycles. The highest BCUT2D eigenvalue weighted by Crippen LogP contribution is 2.18. The molecule has 1 aliphatic rings. The van der Waals surface area contributed by atoms with Gasteiger partial charge in [0, 0.05) is 36.3 Å². The molecule has 0 saturated carbocycles. The van der Waals surface area contributed by atoms with Crippen molar-refractivity contribution in [3.8, 4) is 0 Å². The van der Waals surface area contributed by atoms with E-state index in [-0.39, 0.29) is 11.9 Å². The summed E-state index contributed by atoms with van der Waals surface area (Å²) < 4.78 is 2.13. The summed E-state index contributed by atoms with van der Waals surface area (Å²) in [6, 6.07) is 4.17. The number of imidazole rings is 1. The summed E-state index contributed by atoms with van der Waals surface area (Å²) in [5, 5.41) is 3.13. The lowest BCUT2D eigenvalue weighted by Gasteiger charge is -2.24. The number of hydrogen-bond donors (Lipinski definition) is 1. The van der Waals surface area contributed by atoms with E-state index in [1.807, 2.05) is 24.5 Å². The van der Waals surface area contributed by atoms with Crippen molar-refractivity contribution >= 4 is 17.2 Å². The molecule has 0 spiro atoms. The Balaban J connectivity index is 1.64. The molecule has 0 aromatic carbocycles. The summed E-state index contributed by atoms with van der Waals surface area (Å²) >= 11 is 1.59. The van der Waals surface area contributed by atoms with Crippen molar-refractivity contribution in [2.75, 3.05) is 0 Å². The molecule has 100 valence electrons. The Morgan fingerprint density at radius 3 is 3.26 bits per heavy atom. The number of aromatic nitrogens is 2. The average Bonchev–Trinajstić information content (AvgIpc) is 3.06. The normalized spacial score (nSPS) is 18.1. The minimum atomic E-state index is 0.0539. The van der Waals surface area contributed by atoms with Crippen LogP contribution in [0.1, 0.15) is 33.7 Å². The van der Waals surface area contributed by atoms with E-state index in [2.05, 4.69) is 21.8 Å². The van der Waals surface area contributed by atoms with Crippen LogP contribution < -0.4 is 5.32 Å². The summed E-state index contributed by atoms with van der Waals surface area (Å²) in [4.78, 5) is 18.5. The third kappa shape index (κ3) is 2.56. The minimum absolute atomic E-state index is 0.0539. The van der Waals surface area contributed by atoms with Crippen LogP contribution in [0.15, 0.2) is 24.5 Å². The number of nitrogens with one attached hydrogen (secondary N) is 1. The van der Waals surface area contributed by atoms with Gasteiger partial charge in [0.25, 0.3) is 5.91 Å². The number of fused-ring (bicyclic) bond motifs is 1. The molecule has 2 aromatic heterocycles. The molecule has 0 radical (unpaired) electrons. The highest BCUT2D eigenvalue weighted by atomic mass is 32.1. The van der Waals surface area contributed by atoms with Crippen molar-refractivity contribution < 1.29 is 4.79 Å². The van der Waals surface area contributed by atoms with E-state index < -0.39 is 0 Å². The summed E-state index contributed by atoms with van der Waals surface area (Å²) in [5.74, 6) is 1.17. The van der Waals surface area contributed by atoms with Crippen LogP contribution in [-0.2, 0) is 19.4 Å². The molecule has 0 fully saturated rings. The number of hydrogen-bond acceptors (Lipinski definition) is 3. The number of nitrogens with zero attached hydrogens (tertiary/aromatic N) is 2. The lowest BCUT2D eigenvalue weighted by atomic mass is 10.1. The van der Waals surface area contributed by atoms with Crippen LogP contribution in [0.4, 0.5) is 0 Å². The van der Waals surface area contributed by atoms with E-state index >= 15 is 0 Å². The fourth-order valence-corrected chi connectivity index (χ4v) is 3.28.